The van der Waals surface area contributed by atoms with Gasteiger partial charge < -0.3 is 20.1 Å². The predicted octanol–water partition coefficient (Wildman–Crippen LogP) is 2.10. The van der Waals surface area contributed by atoms with Crippen molar-refractivity contribution in [2.75, 3.05) is 34.4 Å². The number of methoxy groups -OCH3 is 1. The van der Waals surface area contributed by atoms with Crippen molar-refractivity contribution in [3.05, 3.63) is 22.7 Å². The van der Waals surface area contributed by atoms with Gasteiger partial charge >= 0.3 is 0 Å². The Kier molecular flexibility index (Phi) is 7.32. The van der Waals surface area contributed by atoms with Gasteiger partial charge in [0.25, 0.3) is 0 Å². The highest BCUT2D eigenvalue weighted by molar-refractivity contribution is 6.32. The minimum absolute atomic E-state index is 0.0787. The summed E-state index contributed by atoms with van der Waals surface area (Å²) in [6, 6.07) is 3.70. The van der Waals surface area contributed by atoms with Crippen LogP contribution in [0.1, 0.15) is 18.4 Å². The van der Waals surface area contributed by atoms with Crippen LogP contribution in [0.15, 0.2) is 12.1 Å². The van der Waals surface area contributed by atoms with Crippen LogP contribution in [-0.4, -0.2) is 45.2 Å². The van der Waals surface area contributed by atoms with Crippen LogP contribution in [0.5, 0.6) is 11.5 Å². The van der Waals surface area contributed by atoms with E-state index in [1.165, 1.54) is 0 Å². The van der Waals surface area contributed by atoms with Gasteiger partial charge in [-0.2, -0.15) is 0 Å². The fourth-order valence-corrected chi connectivity index (χ4v) is 2.13. The average molecular weight is 315 g/mol. The molecule has 0 unspecified atom stereocenters. The summed E-state index contributed by atoms with van der Waals surface area (Å²) in [5.74, 6) is 1.18. The number of amides is 1. The molecular formula is C15H23ClN2O3. The summed E-state index contributed by atoms with van der Waals surface area (Å²) in [5.41, 5.74) is 6.55. The number of carbonyl (C=O) groups is 1. The molecule has 0 heterocycles. The van der Waals surface area contributed by atoms with Gasteiger partial charge in [0.2, 0.25) is 5.91 Å². The van der Waals surface area contributed by atoms with Crippen molar-refractivity contribution in [3.8, 4) is 11.5 Å². The molecule has 118 valence electrons. The normalized spacial score (nSPS) is 10.3. The Balaban J connectivity index is 2.64. The zero-order chi connectivity index (χ0) is 15.8. The molecule has 2 N–H and O–H groups in total. The minimum Gasteiger partial charge on any atom is -0.493 e. The third-order valence-electron chi connectivity index (χ3n) is 3.00. The average Bonchev–Trinajstić information content (AvgIpc) is 2.44. The van der Waals surface area contributed by atoms with Crippen molar-refractivity contribution in [2.24, 2.45) is 5.73 Å². The predicted molar refractivity (Wildman–Crippen MR) is 84.2 cm³/mol. The fraction of sp³-hybridized carbons (Fsp3) is 0.533. The summed E-state index contributed by atoms with van der Waals surface area (Å²) in [7, 11) is 5.04. The molecule has 0 aliphatic rings. The number of carbonyl (C=O) groups excluding carboxylic acids is 1. The first-order valence-electron chi connectivity index (χ1n) is 6.89. The van der Waals surface area contributed by atoms with Crippen molar-refractivity contribution < 1.29 is 14.3 Å². The number of hydrogen-bond acceptors (Lipinski definition) is 4. The minimum atomic E-state index is 0.0787. The lowest BCUT2D eigenvalue weighted by atomic mass is 10.1. The molecule has 0 atom stereocenters. The van der Waals surface area contributed by atoms with E-state index in [2.05, 4.69) is 0 Å². The smallest absolute Gasteiger partial charge is 0.222 e. The quantitative estimate of drug-likeness (QED) is 0.746. The highest BCUT2D eigenvalue weighted by Gasteiger charge is 2.12. The molecule has 0 bridgehead atoms. The Morgan fingerprint density at radius 3 is 2.67 bits per heavy atom. The number of rotatable bonds is 8. The number of hydrogen-bond donors (Lipinski definition) is 1. The SMILES string of the molecule is COc1cc(CCN)cc(Cl)c1OCCCC(=O)N(C)C. The standard InChI is InChI=1S/C15H23ClN2O3/c1-18(2)14(19)5-4-8-21-15-12(16)9-11(6-7-17)10-13(15)20-3/h9-10H,4-8,17H2,1-3H3. The third-order valence-corrected chi connectivity index (χ3v) is 3.28. The molecule has 0 fully saturated rings. The maximum absolute atomic E-state index is 11.5. The molecule has 0 aliphatic heterocycles. The van der Waals surface area contributed by atoms with Gasteiger partial charge in [-0.1, -0.05) is 11.6 Å². The van der Waals surface area contributed by atoms with Crippen LogP contribution in [0.2, 0.25) is 5.02 Å². The summed E-state index contributed by atoms with van der Waals surface area (Å²) in [4.78, 5) is 13.0. The van der Waals surface area contributed by atoms with Crippen molar-refractivity contribution in [2.45, 2.75) is 19.3 Å². The number of benzene rings is 1. The highest BCUT2D eigenvalue weighted by Crippen LogP contribution is 2.36. The van der Waals surface area contributed by atoms with E-state index < -0.39 is 0 Å². The lowest BCUT2D eigenvalue weighted by Gasteiger charge is -2.14. The summed E-state index contributed by atoms with van der Waals surface area (Å²) in [6.07, 6.45) is 1.80. The van der Waals surface area contributed by atoms with E-state index >= 15 is 0 Å². The van der Waals surface area contributed by atoms with Crippen molar-refractivity contribution in [1.82, 2.24) is 4.90 Å². The van der Waals surface area contributed by atoms with Crippen molar-refractivity contribution in [3.63, 3.8) is 0 Å². The van der Waals surface area contributed by atoms with E-state index in [1.807, 2.05) is 12.1 Å². The van der Waals surface area contributed by atoms with Gasteiger partial charge in [-0.05, 0) is 37.1 Å². The van der Waals surface area contributed by atoms with Gasteiger partial charge in [0.1, 0.15) is 0 Å². The maximum atomic E-state index is 11.5. The molecule has 0 radical (unpaired) electrons. The Morgan fingerprint density at radius 1 is 1.38 bits per heavy atom. The second kappa shape index (κ2) is 8.74. The fourth-order valence-electron chi connectivity index (χ4n) is 1.85. The molecule has 0 aliphatic carbocycles. The first kappa shape index (κ1) is 17.6. The summed E-state index contributed by atoms with van der Waals surface area (Å²) >= 11 is 6.22. The number of nitrogens with zero attached hydrogens (tertiary/aromatic N) is 1. The summed E-state index contributed by atoms with van der Waals surface area (Å²) < 4.78 is 11.0. The van der Waals surface area contributed by atoms with Gasteiger partial charge in [0.15, 0.2) is 11.5 Å². The summed E-state index contributed by atoms with van der Waals surface area (Å²) in [5, 5.41) is 0.497. The Hall–Kier alpha value is -1.46. The van der Waals surface area contributed by atoms with Gasteiger partial charge in [-0.15, -0.1) is 0 Å². The molecule has 0 saturated carbocycles. The maximum Gasteiger partial charge on any atom is 0.222 e. The van der Waals surface area contributed by atoms with Gasteiger partial charge in [0, 0.05) is 20.5 Å². The van der Waals surface area contributed by atoms with Crippen molar-refractivity contribution >= 4 is 17.5 Å². The van der Waals surface area contributed by atoms with Crippen LogP contribution in [0.3, 0.4) is 0 Å². The lowest BCUT2D eigenvalue weighted by molar-refractivity contribution is -0.128. The molecule has 0 spiro atoms. The van der Waals surface area contributed by atoms with Crippen LogP contribution in [0.4, 0.5) is 0 Å². The largest absolute Gasteiger partial charge is 0.493 e. The van der Waals surface area contributed by atoms with E-state index in [0.717, 1.165) is 12.0 Å². The van der Waals surface area contributed by atoms with Crippen LogP contribution < -0.4 is 15.2 Å². The van der Waals surface area contributed by atoms with Crippen molar-refractivity contribution in [1.29, 1.82) is 0 Å². The number of nitrogens with two attached hydrogens (primary N) is 1. The highest BCUT2D eigenvalue weighted by atomic mass is 35.5. The summed E-state index contributed by atoms with van der Waals surface area (Å²) in [6.45, 7) is 0.957. The lowest BCUT2D eigenvalue weighted by Crippen LogP contribution is -2.21. The molecule has 0 saturated heterocycles. The molecule has 6 heteroatoms. The molecule has 1 aromatic carbocycles. The topological polar surface area (TPSA) is 64.8 Å². The molecule has 5 nitrogen and oxygen atoms in total. The van der Waals surface area contributed by atoms with Crippen LogP contribution in [-0.2, 0) is 11.2 Å². The molecule has 21 heavy (non-hydrogen) atoms. The zero-order valence-corrected chi connectivity index (χ0v) is 13.6. The van der Waals surface area contributed by atoms with E-state index in [4.69, 9.17) is 26.8 Å². The molecule has 1 rings (SSSR count). The first-order valence-corrected chi connectivity index (χ1v) is 7.26. The second-order valence-corrected chi connectivity index (χ2v) is 5.30. The molecule has 0 aromatic heterocycles. The Labute approximate surface area is 131 Å². The number of halogens is 1. The second-order valence-electron chi connectivity index (χ2n) is 4.89. The van der Waals surface area contributed by atoms with Crippen LogP contribution in [0, 0.1) is 0 Å². The number of ether oxygens (including phenoxy) is 2. The molecular weight excluding hydrogens is 292 g/mol. The first-order chi connectivity index (χ1) is 9.99. The Bertz CT molecular complexity index is 478. The molecule has 1 amide bonds. The monoisotopic (exact) mass is 314 g/mol. The van der Waals surface area contributed by atoms with E-state index in [-0.39, 0.29) is 5.91 Å². The van der Waals surface area contributed by atoms with E-state index in [9.17, 15) is 4.79 Å². The van der Waals surface area contributed by atoms with Gasteiger partial charge in [-0.25, -0.2) is 0 Å². The van der Waals surface area contributed by atoms with Gasteiger partial charge in [-0.3, -0.25) is 4.79 Å². The van der Waals surface area contributed by atoms with Crippen LogP contribution in [0.25, 0.3) is 0 Å². The zero-order valence-electron chi connectivity index (χ0n) is 12.8. The molecule has 1 aromatic rings. The Morgan fingerprint density at radius 2 is 2.10 bits per heavy atom. The van der Waals surface area contributed by atoms with E-state index in [1.54, 1.807) is 26.1 Å². The third kappa shape index (κ3) is 5.44. The van der Waals surface area contributed by atoms with E-state index in [0.29, 0.717) is 42.5 Å². The van der Waals surface area contributed by atoms with Gasteiger partial charge in [0.05, 0.1) is 18.7 Å². The van der Waals surface area contributed by atoms with Crippen LogP contribution >= 0.6 is 11.6 Å².